The number of anilines is 1. The van der Waals surface area contributed by atoms with Crippen LogP contribution in [0.1, 0.15) is 6.92 Å². The second-order valence-corrected chi connectivity index (χ2v) is 4.89. The van der Waals surface area contributed by atoms with Gasteiger partial charge in [-0.15, -0.1) is 0 Å². The number of carbonyl (C=O) groups is 2. The zero-order valence-electron chi connectivity index (χ0n) is 11.9. The van der Waals surface area contributed by atoms with E-state index >= 15 is 0 Å². The first-order valence-corrected chi connectivity index (χ1v) is 6.85. The number of amides is 2. The Morgan fingerprint density at radius 2 is 1.90 bits per heavy atom. The molecule has 1 aromatic heterocycles. The van der Waals surface area contributed by atoms with Gasteiger partial charge in [0.2, 0.25) is 5.95 Å². The fourth-order valence-corrected chi connectivity index (χ4v) is 2.02. The lowest BCUT2D eigenvalue weighted by atomic mass is 10.3. The fraction of sp³-hybridized carbons (Fsp3) is 0.538. The molecule has 21 heavy (non-hydrogen) atoms. The number of piperazine rings is 1. The van der Waals surface area contributed by atoms with Crippen molar-refractivity contribution in [3.63, 3.8) is 0 Å². The minimum atomic E-state index is -0.680. The van der Waals surface area contributed by atoms with Gasteiger partial charge in [0, 0.05) is 45.1 Å². The van der Waals surface area contributed by atoms with E-state index in [0.717, 1.165) is 0 Å². The molecule has 1 fully saturated rings. The van der Waals surface area contributed by atoms with Gasteiger partial charge >= 0.3 is 11.8 Å². The van der Waals surface area contributed by atoms with Crippen LogP contribution in [0.15, 0.2) is 18.5 Å². The van der Waals surface area contributed by atoms with Crippen molar-refractivity contribution < 1.29 is 14.7 Å². The summed E-state index contributed by atoms with van der Waals surface area (Å²) in [5, 5.41) is 11.5. The zero-order chi connectivity index (χ0) is 15.2. The highest BCUT2D eigenvalue weighted by atomic mass is 16.3. The van der Waals surface area contributed by atoms with Crippen LogP contribution < -0.4 is 10.2 Å². The van der Waals surface area contributed by atoms with Crippen molar-refractivity contribution in [3.05, 3.63) is 18.5 Å². The number of aliphatic hydroxyl groups is 1. The second-order valence-electron chi connectivity index (χ2n) is 4.89. The predicted octanol–water partition coefficient (Wildman–Crippen LogP) is -1.38. The molecule has 2 amide bonds. The van der Waals surface area contributed by atoms with Gasteiger partial charge in [-0.05, 0) is 13.0 Å². The SMILES string of the molecule is CC(O)CNC(=O)C(=O)N1CCN(c2ncccn2)CC1. The Bertz CT molecular complexity index is 486. The quantitative estimate of drug-likeness (QED) is 0.667. The molecule has 2 heterocycles. The molecule has 8 heteroatoms. The number of rotatable bonds is 3. The van der Waals surface area contributed by atoms with Crippen LogP contribution in [-0.2, 0) is 9.59 Å². The molecule has 1 unspecified atom stereocenters. The Labute approximate surface area is 122 Å². The molecule has 114 valence electrons. The van der Waals surface area contributed by atoms with Crippen LogP contribution in [0.4, 0.5) is 5.95 Å². The van der Waals surface area contributed by atoms with E-state index in [-0.39, 0.29) is 6.54 Å². The third-order valence-electron chi connectivity index (χ3n) is 3.15. The van der Waals surface area contributed by atoms with E-state index in [2.05, 4.69) is 15.3 Å². The fourth-order valence-electron chi connectivity index (χ4n) is 2.02. The topological polar surface area (TPSA) is 98.7 Å². The maximum Gasteiger partial charge on any atom is 0.312 e. The first-order chi connectivity index (χ1) is 10.1. The number of nitrogens with one attached hydrogen (secondary N) is 1. The van der Waals surface area contributed by atoms with E-state index < -0.39 is 17.9 Å². The molecule has 2 rings (SSSR count). The van der Waals surface area contributed by atoms with Crippen molar-refractivity contribution >= 4 is 17.8 Å². The minimum Gasteiger partial charge on any atom is -0.392 e. The average Bonchev–Trinajstić information content (AvgIpc) is 2.53. The zero-order valence-corrected chi connectivity index (χ0v) is 11.9. The van der Waals surface area contributed by atoms with E-state index in [1.807, 2.05) is 4.90 Å². The number of aromatic nitrogens is 2. The van der Waals surface area contributed by atoms with E-state index in [4.69, 9.17) is 5.11 Å². The normalized spacial score (nSPS) is 16.5. The molecular formula is C13H19N5O3. The Morgan fingerprint density at radius 1 is 1.29 bits per heavy atom. The predicted molar refractivity (Wildman–Crippen MR) is 75.5 cm³/mol. The summed E-state index contributed by atoms with van der Waals surface area (Å²) in [4.78, 5) is 35.4. The van der Waals surface area contributed by atoms with Gasteiger partial charge < -0.3 is 20.2 Å². The molecule has 0 bridgehead atoms. The molecule has 0 saturated carbocycles. The molecule has 0 aliphatic carbocycles. The number of carbonyl (C=O) groups excluding carboxylic acids is 2. The number of hydrogen-bond acceptors (Lipinski definition) is 6. The highest BCUT2D eigenvalue weighted by Crippen LogP contribution is 2.09. The summed E-state index contributed by atoms with van der Waals surface area (Å²) in [6.45, 7) is 3.67. The van der Waals surface area contributed by atoms with Crippen LogP contribution in [0, 0.1) is 0 Å². The standard InChI is InChI=1S/C13H19N5O3/c1-10(19)9-16-11(20)12(21)17-5-7-18(8-6-17)13-14-3-2-4-15-13/h2-4,10,19H,5-9H2,1H3,(H,16,20). The van der Waals surface area contributed by atoms with Crippen molar-refractivity contribution in [3.8, 4) is 0 Å². The van der Waals surface area contributed by atoms with Crippen molar-refractivity contribution in [1.82, 2.24) is 20.2 Å². The van der Waals surface area contributed by atoms with Gasteiger partial charge in [0.1, 0.15) is 0 Å². The van der Waals surface area contributed by atoms with Crippen LogP contribution in [0.5, 0.6) is 0 Å². The summed E-state index contributed by atoms with van der Waals surface area (Å²) < 4.78 is 0. The molecule has 0 aromatic carbocycles. The van der Waals surface area contributed by atoms with Crippen LogP contribution in [0.25, 0.3) is 0 Å². The summed E-state index contributed by atoms with van der Waals surface area (Å²) in [5.74, 6) is -0.618. The highest BCUT2D eigenvalue weighted by molar-refractivity contribution is 6.35. The van der Waals surface area contributed by atoms with Crippen LogP contribution >= 0.6 is 0 Å². The Hall–Kier alpha value is -2.22. The molecule has 0 radical (unpaired) electrons. The van der Waals surface area contributed by atoms with Crippen LogP contribution in [-0.4, -0.2) is 70.6 Å². The maximum absolute atomic E-state index is 11.9. The van der Waals surface area contributed by atoms with E-state index in [1.165, 1.54) is 4.90 Å². The van der Waals surface area contributed by atoms with E-state index in [9.17, 15) is 9.59 Å². The van der Waals surface area contributed by atoms with Gasteiger partial charge in [0.15, 0.2) is 0 Å². The highest BCUT2D eigenvalue weighted by Gasteiger charge is 2.26. The molecule has 1 atom stereocenters. The summed E-state index contributed by atoms with van der Waals surface area (Å²) >= 11 is 0. The number of hydrogen-bond donors (Lipinski definition) is 2. The lowest BCUT2D eigenvalue weighted by Gasteiger charge is -2.34. The first-order valence-electron chi connectivity index (χ1n) is 6.85. The molecule has 1 aliphatic heterocycles. The van der Waals surface area contributed by atoms with Crippen LogP contribution in [0.2, 0.25) is 0 Å². The molecule has 1 aliphatic rings. The second kappa shape index (κ2) is 6.98. The van der Waals surface area contributed by atoms with Gasteiger partial charge in [0.05, 0.1) is 6.10 Å². The summed E-state index contributed by atoms with van der Waals surface area (Å²) in [7, 11) is 0. The summed E-state index contributed by atoms with van der Waals surface area (Å²) in [5.41, 5.74) is 0. The largest absolute Gasteiger partial charge is 0.392 e. The molecule has 1 saturated heterocycles. The van der Waals surface area contributed by atoms with Crippen LogP contribution in [0.3, 0.4) is 0 Å². The molecular weight excluding hydrogens is 274 g/mol. The third-order valence-corrected chi connectivity index (χ3v) is 3.15. The van der Waals surface area contributed by atoms with Gasteiger partial charge in [-0.3, -0.25) is 9.59 Å². The van der Waals surface area contributed by atoms with E-state index in [1.54, 1.807) is 25.4 Å². The average molecular weight is 293 g/mol. The molecule has 8 nitrogen and oxygen atoms in total. The Kier molecular flexibility index (Phi) is 5.04. The van der Waals surface area contributed by atoms with Gasteiger partial charge in [-0.2, -0.15) is 0 Å². The van der Waals surface area contributed by atoms with Gasteiger partial charge in [-0.1, -0.05) is 0 Å². The Balaban J connectivity index is 1.83. The van der Waals surface area contributed by atoms with Crippen molar-refractivity contribution in [2.45, 2.75) is 13.0 Å². The smallest absolute Gasteiger partial charge is 0.312 e. The number of aliphatic hydroxyl groups excluding tert-OH is 1. The third kappa shape index (κ3) is 4.12. The summed E-state index contributed by atoms with van der Waals surface area (Å²) in [6, 6.07) is 1.75. The van der Waals surface area contributed by atoms with Gasteiger partial charge in [0.25, 0.3) is 0 Å². The first kappa shape index (κ1) is 15.2. The minimum absolute atomic E-state index is 0.0718. The van der Waals surface area contributed by atoms with Crippen molar-refractivity contribution in [2.75, 3.05) is 37.6 Å². The lowest BCUT2D eigenvalue weighted by Crippen LogP contribution is -2.53. The summed E-state index contributed by atoms with van der Waals surface area (Å²) in [6.07, 6.45) is 2.67. The Morgan fingerprint density at radius 3 is 2.48 bits per heavy atom. The van der Waals surface area contributed by atoms with Gasteiger partial charge in [-0.25, -0.2) is 9.97 Å². The van der Waals surface area contributed by atoms with Crippen molar-refractivity contribution in [1.29, 1.82) is 0 Å². The lowest BCUT2D eigenvalue weighted by molar-refractivity contribution is -0.146. The molecule has 1 aromatic rings. The molecule has 0 spiro atoms. The number of nitrogens with zero attached hydrogens (tertiary/aromatic N) is 4. The maximum atomic E-state index is 11.9. The van der Waals surface area contributed by atoms with Crippen molar-refractivity contribution in [2.24, 2.45) is 0 Å². The molecule has 2 N–H and O–H groups in total. The monoisotopic (exact) mass is 293 g/mol. The van der Waals surface area contributed by atoms with E-state index in [0.29, 0.717) is 32.1 Å².